The zero-order valence-corrected chi connectivity index (χ0v) is 10.4. The molecule has 0 atom stereocenters. The van der Waals surface area contributed by atoms with Crippen LogP contribution in [0.25, 0.3) is 0 Å². The van der Waals surface area contributed by atoms with Crippen molar-refractivity contribution in [3.63, 3.8) is 0 Å². The van der Waals surface area contributed by atoms with E-state index in [0.717, 1.165) is 16.2 Å². The first-order valence-corrected chi connectivity index (χ1v) is 6.14. The molecule has 0 spiro atoms. The van der Waals surface area contributed by atoms with Crippen LogP contribution in [0.5, 0.6) is 0 Å². The molecule has 0 unspecified atom stereocenters. The third-order valence-corrected chi connectivity index (χ3v) is 3.35. The van der Waals surface area contributed by atoms with Crippen molar-refractivity contribution in [3.8, 4) is 0 Å². The van der Waals surface area contributed by atoms with Crippen LogP contribution >= 0.6 is 11.8 Å². The normalized spacial score (nSPS) is 16.4. The van der Waals surface area contributed by atoms with Crippen LogP contribution in [0.3, 0.4) is 0 Å². The Balaban J connectivity index is 2.34. The number of rotatable bonds is 3. The molecule has 1 aliphatic heterocycles. The number of benzene rings is 1. The second-order valence-corrected chi connectivity index (χ2v) is 4.66. The number of allylic oxidation sites excluding steroid dienone is 4. The summed E-state index contributed by atoms with van der Waals surface area (Å²) in [4.78, 5) is 23.3. The zero-order chi connectivity index (χ0) is 13.0. The molecule has 0 saturated carbocycles. The molecule has 3 nitrogen and oxygen atoms in total. The molecule has 4 heteroatoms. The lowest BCUT2D eigenvalue weighted by Gasteiger charge is -2.18. The van der Waals surface area contributed by atoms with Gasteiger partial charge in [-0.15, -0.1) is 0 Å². The van der Waals surface area contributed by atoms with Crippen molar-refractivity contribution >= 4 is 24.0 Å². The monoisotopic (exact) mass is 257 g/mol. The third kappa shape index (κ3) is 2.60. The average Bonchev–Trinajstić information content (AvgIpc) is 2.38. The van der Waals surface area contributed by atoms with Crippen molar-refractivity contribution in [1.82, 2.24) is 5.32 Å². The number of nitrogens with one attached hydrogen (secondary N) is 1. The Kier molecular flexibility index (Phi) is 3.79. The van der Waals surface area contributed by atoms with Crippen LogP contribution in [0, 0.1) is 0 Å². The van der Waals surface area contributed by atoms with Gasteiger partial charge in [0, 0.05) is 10.5 Å². The summed E-state index contributed by atoms with van der Waals surface area (Å²) in [5, 5.41) is 3.51. The number of aldehydes is 1. The molecule has 1 heterocycles. The molecule has 0 radical (unpaired) electrons. The van der Waals surface area contributed by atoms with Crippen molar-refractivity contribution in [3.05, 3.63) is 65.2 Å². The number of amides is 1. The zero-order valence-electron chi connectivity index (χ0n) is 9.55. The van der Waals surface area contributed by atoms with E-state index in [1.165, 1.54) is 11.8 Å². The van der Waals surface area contributed by atoms with Crippen molar-refractivity contribution in [2.24, 2.45) is 0 Å². The predicted molar refractivity (Wildman–Crippen MR) is 72.6 cm³/mol. The minimum atomic E-state index is -0.153. The largest absolute Gasteiger partial charge is 0.316 e. The van der Waals surface area contributed by atoms with Crippen molar-refractivity contribution < 1.29 is 9.59 Å². The quantitative estimate of drug-likeness (QED) is 0.669. The summed E-state index contributed by atoms with van der Waals surface area (Å²) >= 11 is 1.43. The molecule has 1 amide bonds. The lowest BCUT2D eigenvalue weighted by molar-refractivity contribution is 0.0963. The summed E-state index contributed by atoms with van der Waals surface area (Å²) in [6.07, 6.45) is 7.79. The van der Waals surface area contributed by atoms with Gasteiger partial charge in [0.2, 0.25) is 0 Å². The van der Waals surface area contributed by atoms with E-state index in [4.69, 9.17) is 0 Å². The second-order valence-electron chi connectivity index (χ2n) is 3.58. The lowest BCUT2D eigenvalue weighted by atomic mass is 10.1. The van der Waals surface area contributed by atoms with Crippen LogP contribution < -0.4 is 5.32 Å². The molecule has 18 heavy (non-hydrogen) atoms. The van der Waals surface area contributed by atoms with Crippen LogP contribution in [0.2, 0.25) is 0 Å². The van der Waals surface area contributed by atoms with Gasteiger partial charge in [0.15, 0.2) is 0 Å². The van der Waals surface area contributed by atoms with E-state index in [9.17, 15) is 9.59 Å². The molecule has 90 valence electrons. The summed E-state index contributed by atoms with van der Waals surface area (Å²) in [7, 11) is 0. The van der Waals surface area contributed by atoms with Crippen molar-refractivity contribution in [2.75, 3.05) is 0 Å². The van der Waals surface area contributed by atoms with Gasteiger partial charge in [0.25, 0.3) is 5.91 Å². The number of hydrogen-bond acceptors (Lipinski definition) is 3. The second kappa shape index (κ2) is 5.51. The van der Waals surface area contributed by atoms with Gasteiger partial charge in [-0.25, -0.2) is 0 Å². The predicted octanol–water partition coefficient (Wildman–Crippen LogP) is 2.92. The van der Waals surface area contributed by atoms with E-state index in [2.05, 4.69) is 11.9 Å². The van der Waals surface area contributed by atoms with E-state index in [1.807, 2.05) is 0 Å². The Bertz CT molecular complexity index is 573. The summed E-state index contributed by atoms with van der Waals surface area (Å²) < 4.78 is 0. The van der Waals surface area contributed by atoms with Crippen molar-refractivity contribution in [1.29, 1.82) is 0 Å². The van der Waals surface area contributed by atoms with Crippen LogP contribution in [0.15, 0.2) is 59.0 Å². The Morgan fingerprint density at radius 1 is 1.28 bits per heavy atom. The fourth-order valence-corrected chi connectivity index (χ4v) is 2.50. The van der Waals surface area contributed by atoms with Crippen LogP contribution in [-0.2, 0) is 0 Å². The van der Waals surface area contributed by atoms with Gasteiger partial charge in [-0.2, -0.15) is 0 Å². The average molecular weight is 257 g/mol. The minimum absolute atomic E-state index is 0.153. The van der Waals surface area contributed by atoms with Crippen LogP contribution in [0.4, 0.5) is 0 Å². The molecule has 0 aliphatic carbocycles. The highest BCUT2D eigenvalue weighted by molar-refractivity contribution is 8.03. The smallest absolute Gasteiger partial charge is 0.257 e. The maximum Gasteiger partial charge on any atom is 0.257 e. The first-order valence-electron chi connectivity index (χ1n) is 5.32. The van der Waals surface area contributed by atoms with Gasteiger partial charge < -0.3 is 5.32 Å². The highest BCUT2D eigenvalue weighted by atomic mass is 32.2. The van der Waals surface area contributed by atoms with Gasteiger partial charge in [0.1, 0.15) is 6.29 Å². The van der Waals surface area contributed by atoms with Gasteiger partial charge in [-0.3, -0.25) is 9.59 Å². The maximum absolute atomic E-state index is 11.8. The van der Waals surface area contributed by atoms with E-state index < -0.39 is 0 Å². The van der Waals surface area contributed by atoms with E-state index in [-0.39, 0.29) is 5.91 Å². The SMILES string of the molecule is C=C/C=C\C=C1/NC(=O)c2ccc(C=O)cc2S1. The molecule has 2 rings (SSSR count). The highest BCUT2D eigenvalue weighted by Crippen LogP contribution is 2.33. The molecule has 0 aromatic heterocycles. The summed E-state index contributed by atoms with van der Waals surface area (Å²) in [5.74, 6) is -0.153. The first kappa shape index (κ1) is 12.4. The first-order chi connectivity index (χ1) is 8.74. The number of thioether (sulfide) groups is 1. The van der Waals surface area contributed by atoms with Gasteiger partial charge in [-0.1, -0.05) is 42.6 Å². The third-order valence-electron chi connectivity index (χ3n) is 2.34. The summed E-state index contributed by atoms with van der Waals surface area (Å²) in [6, 6.07) is 5.02. The van der Waals surface area contributed by atoms with E-state index in [1.54, 1.807) is 42.5 Å². The maximum atomic E-state index is 11.8. The van der Waals surface area contributed by atoms with E-state index >= 15 is 0 Å². The Morgan fingerprint density at radius 2 is 2.11 bits per heavy atom. The molecule has 0 bridgehead atoms. The number of carbonyl (C=O) groups excluding carboxylic acids is 2. The van der Waals surface area contributed by atoms with Gasteiger partial charge >= 0.3 is 0 Å². The van der Waals surface area contributed by atoms with Gasteiger partial charge in [-0.05, 0) is 18.2 Å². The Morgan fingerprint density at radius 3 is 2.83 bits per heavy atom. The van der Waals surface area contributed by atoms with Crippen LogP contribution in [-0.4, -0.2) is 12.2 Å². The van der Waals surface area contributed by atoms with Crippen molar-refractivity contribution in [2.45, 2.75) is 4.90 Å². The number of fused-ring (bicyclic) bond motifs is 1. The molecule has 1 N–H and O–H groups in total. The number of carbonyl (C=O) groups is 2. The highest BCUT2D eigenvalue weighted by Gasteiger charge is 2.20. The van der Waals surface area contributed by atoms with Crippen LogP contribution in [0.1, 0.15) is 20.7 Å². The number of hydrogen-bond donors (Lipinski definition) is 1. The standard InChI is InChI=1S/C14H11NO2S/c1-2-3-4-5-13-15-14(17)11-7-6-10(9-16)8-12(11)18-13/h2-9H,1H2,(H,15,17)/b4-3-,13-5+. The molecular weight excluding hydrogens is 246 g/mol. The molecule has 0 saturated heterocycles. The molecule has 1 aromatic rings. The molecule has 1 aliphatic rings. The Hall–Kier alpha value is -2.07. The molecule has 0 fully saturated rings. The summed E-state index contributed by atoms with van der Waals surface area (Å²) in [6.45, 7) is 3.57. The summed E-state index contributed by atoms with van der Waals surface area (Å²) in [5.41, 5.74) is 1.16. The lowest BCUT2D eigenvalue weighted by Crippen LogP contribution is -2.25. The fourth-order valence-electron chi connectivity index (χ4n) is 1.50. The molecule has 1 aromatic carbocycles. The minimum Gasteiger partial charge on any atom is -0.316 e. The topological polar surface area (TPSA) is 46.2 Å². The van der Waals surface area contributed by atoms with Gasteiger partial charge in [0.05, 0.1) is 10.6 Å². The van der Waals surface area contributed by atoms with E-state index in [0.29, 0.717) is 11.1 Å². The fraction of sp³-hybridized carbons (Fsp3) is 0. The molecular formula is C14H11NO2S. The Labute approximate surface area is 109 Å².